The van der Waals surface area contributed by atoms with E-state index in [2.05, 4.69) is 199 Å². The molecule has 0 N–H and O–H groups in total. The quantitative estimate of drug-likeness (QED) is 0.0414. The Bertz CT molecular complexity index is 2280. The summed E-state index contributed by atoms with van der Waals surface area (Å²) in [6, 6.07) is 12.7. The van der Waals surface area contributed by atoms with Crippen LogP contribution in [0.3, 0.4) is 0 Å². The second-order valence-corrected chi connectivity index (χ2v) is 26.4. The number of unbranched alkanes of at least 4 members (excludes halogenated alkanes) is 2. The standard InChI is InChI=1S/C70H112B2O10/c1-21-29-31-53(27-7)47-77-61-37-56(34-36-58-40-66(76-46-52(12)26-6)60(42-64(58)74-44-50(10)24-4)72-81-69(17,18)70(19,20)82-72)62(78-48-54(28-8)32-30-22-2)38-55(61)33-35-57-39-65(75-45-51(11)25-5)59(41-63(57)73-43-49(9)23-3)71-79-67(13,14)68(15,16)80-71/h33-42,49-54H,21-32,43-48H2,1-20H3/b35-33+,36-34+/t49-,50-,51-,52-,53-,54-/m0/s1. The lowest BCUT2D eigenvalue weighted by molar-refractivity contribution is 0.00578. The van der Waals surface area contributed by atoms with Crippen LogP contribution in [0, 0.1) is 35.5 Å². The Balaban J connectivity index is 1.76. The zero-order chi connectivity index (χ0) is 60.4. The first-order valence-corrected chi connectivity index (χ1v) is 32.3. The van der Waals surface area contributed by atoms with E-state index in [4.69, 9.17) is 47.0 Å². The van der Waals surface area contributed by atoms with Crippen molar-refractivity contribution in [3.63, 3.8) is 0 Å². The molecule has 2 fully saturated rings. The molecule has 2 aliphatic rings. The van der Waals surface area contributed by atoms with E-state index in [1.54, 1.807) is 0 Å². The maximum absolute atomic E-state index is 7.06. The Morgan fingerprint density at radius 2 is 0.598 bits per heavy atom. The van der Waals surface area contributed by atoms with Gasteiger partial charge in [-0.05, 0) is 140 Å². The molecule has 6 atom stereocenters. The van der Waals surface area contributed by atoms with Crippen molar-refractivity contribution in [2.45, 2.75) is 238 Å². The molecule has 0 aliphatic carbocycles. The predicted molar refractivity (Wildman–Crippen MR) is 346 cm³/mol. The summed E-state index contributed by atoms with van der Waals surface area (Å²) < 4.78 is 68.0. The SMILES string of the molecule is CCCC[C@H](CC)COc1cc(/C=C/c2cc(OC[C@@H](C)CC)c(B3OC(C)(C)C(C)(C)O3)cc2OC[C@@H](C)CC)c(OC[C@@H](CC)CCCC)cc1/C=C/c1cc(OC[C@@H](C)CC)c(B2OC(C)(C)C(C)(C)O2)cc1OC[C@@H](C)CC. The van der Waals surface area contributed by atoms with Crippen molar-refractivity contribution in [3.8, 4) is 34.5 Å². The third kappa shape index (κ3) is 19.0. The van der Waals surface area contributed by atoms with Gasteiger partial charge >= 0.3 is 14.2 Å². The van der Waals surface area contributed by atoms with Gasteiger partial charge in [-0.15, -0.1) is 0 Å². The number of hydrogen-bond acceptors (Lipinski definition) is 10. The summed E-state index contributed by atoms with van der Waals surface area (Å²) in [5, 5.41) is 0. The highest BCUT2D eigenvalue weighted by molar-refractivity contribution is 6.63. The van der Waals surface area contributed by atoms with Gasteiger partial charge in [0.2, 0.25) is 0 Å². The molecule has 0 unspecified atom stereocenters. The molecule has 12 heteroatoms. The van der Waals surface area contributed by atoms with Crippen LogP contribution < -0.4 is 39.3 Å². The Labute approximate surface area is 500 Å². The second kappa shape index (κ2) is 31.9. The van der Waals surface area contributed by atoms with Crippen LogP contribution in [0.2, 0.25) is 0 Å². The lowest BCUT2D eigenvalue weighted by Gasteiger charge is -2.32. The number of hydrogen-bond donors (Lipinski definition) is 0. The first-order valence-electron chi connectivity index (χ1n) is 32.3. The molecule has 0 amide bonds. The summed E-state index contributed by atoms with van der Waals surface area (Å²) in [5.74, 6) is 6.71. The molecule has 2 aliphatic heterocycles. The van der Waals surface area contributed by atoms with Crippen molar-refractivity contribution in [1.29, 1.82) is 0 Å². The smallest absolute Gasteiger partial charge is 0.494 e. The van der Waals surface area contributed by atoms with Crippen LogP contribution in [0.4, 0.5) is 0 Å². The van der Waals surface area contributed by atoms with Crippen LogP contribution in [-0.2, 0) is 18.6 Å². The summed E-state index contributed by atoms with van der Waals surface area (Å²) in [7, 11) is -1.27. The number of ether oxygens (including phenoxy) is 6. The molecule has 3 aromatic rings. The first-order chi connectivity index (χ1) is 38.9. The van der Waals surface area contributed by atoms with Gasteiger partial charge in [0.05, 0.1) is 62.0 Å². The fraction of sp³-hybridized carbons (Fsp3) is 0.686. The molecular formula is C70H112B2O10. The van der Waals surface area contributed by atoms with Crippen molar-refractivity contribution >= 4 is 49.5 Å². The molecule has 0 saturated carbocycles. The zero-order valence-electron chi connectivity index (χ0n) is 55.2. The van der Waals surface area contributed by atoms with Gasteiger partial charge in [0.1, 0.15) is 34.5 Å². The van der Waals surface area contributed by atoms with Crippen LogP contribution >= 0.6 is 0 Å². The third-order valence-corrected chi connectivity index (χ3v) is 18.2. The molecule has 3 aromatic carbocycles. The molecular weight excluding hydrogens is 1020 g/mol. The van der Waals surface area contributed by atoms with Crippen molar-refractivity contribution < 1.29 is 47.0 Å². The van der Waals surface area contributed by atoms with E-state index in [0.717, 1.165) is 145 Å². The predicted octanol–water partition coefficient (Wildman–Crippen LogP) is 17.5. The normalized spacial score (nSPS) is 18.6. The molecule has 0 bridgehead atoms. The minimum atomic E-state index is -0.635. The second-order valence-electron chi connectivity index (χ2n) is 26.4. The van der Waals surface area contributed by atoms with E-state index in [1.807, 2.05) is 0 Å². The van der Waals surface area contributed by atoms with E-state index in [1.165, 1.54) is 0 Å². The Morgan fingerprint density at radius 1 is 0.354 bits per heavy atom. The zero-order valence-corrected chi connectivity index (χ0v) is 55.2. The van der Waals surface area contributed by atoms with Gasteiger partial charge in [0.25, 0.3) is 0 Å². The highest BCUT2D eigenvalue weighted by Gasteiger charge is 2.54. The van der Waals surface area contributed by atoms with Crippen molar-refractivity contribution in [2.75, 3.05) is 39.6 Å². The Kier molecular flexibility index (Phi) is 26.7. The highest BCUT2D eigenvalue weighted by Crippen LogP contribution is 2.41. The van der Waals surface area contributed by atoms with Gasteiger partial charge in [-0.1, -0.05) is 172 Å². The van der Waals surface area contributed by atoms with Gasteiger partial charge in [0.15, 0.2) is 0 Å². The molecule has 0 spiro atoms. The summed E-state index contributed by atoms with van der Waals surface area (Å²) in [5.41, 5.74) is 3.11. The lowest BCUT2D eigenvalue weighted by Crippen LogP contribution is -2.41. The highest BCUT2D eigenvalue weighted by atomic mass is 16.7. The summed E-state index contributed by atoms with van der Waals surface area (Å²) in [6.07, 6.45) is 21.5. The van der Waals surface area contributed by atoms with Crippen molar-refractivity contribution in [1.82, 2.24) is 0 Å². The maximum Gasteiger partial charge on any atom is 0.498 e. The van der Waals surface area contributed by atoms with Crippen LogP contribution in [-0.4, -0.2) is 76.3 Å². The fourth-order valence-corrected chi connectivity index (χ4v) is 9.32. The lowest BCUT2D eigenvalue weighted by atomic mass is 9.77. The van der Waals surface area contributed by atoms with E-state index < -0.39 is 36.6 Å². The summed E-state index contributed by atoms with van der Waals surface area (Å²) in [6.45, 7) is 46.9. The van der Waals surface area contributed by atoms with Gasteiger partial charge in [-0.2, -0.15) is 0 Å². The molecule has 2 heterocycles. The van der Waals surface area contributed by atoms with E-state index >= 15 is 0 Å². The van der Waals surface area contributed by atoms with Crippen LogP contribution in [0.5, 0.6) is 34.5 Å². The van der Waals surface area contributed by atoms with E-state index in [0.29, 0.717) is 75.1 Å². The molecule has 5 rings (SSSR count). The van der Waals surface area contributed by atoms with Crippen LogP contribution in [0.1, 0.15) is 238 Å². The molecule has 0 radical (unpaired) electrons. The van der Waals surface area contributed by atoms with Gasteiger partial charge in [-0.3, -0.25) is 0 Å². The van der Waals surface area contributed by atoms with Crippen molar-refractivity contribution in [2.24, 2.45) is 35.5 Å². The molecule has 10 nitrogen and oxygen atoms in total. The summed E-state index contributed by atoms with van der Waals surface area (Å²) >= 11 is 0. The Hall–Kier alpha value is -4.09. The van der Waals surface area contributed by atoms with Gasteiger partial charge in [0, 0.05) is 33.2 Å². The topological polar surface area (TPSA) is 92.3 Å². The molecule has 82 heavy (non-hydrogen) atoms. The van der Waals surface area contributed by atoms with Crippen molar-refractivity contribution in [3.05, 3.63) is 58.7 Å². The van der Waals surface area contributed by atoms with E-state index in [9.17, 15) is 0 Å². The van der Waals surface area contributed by atoms with Crippen LogP contribution in [0.25, 0.3) is 24.3 Å². The molecule has 458 valence electrons. The maximum atomic E-state index is 7.06. The Morgan fingerprint density at radius 3 is 0.854 bits per heavy atom. The average molecular weight is 1140 g/mol. The minimum Gasteiger partial charge on any atom is -0.494 e. The largest absolute Gasteiger partial charge is 0.498 e. The first kappa shape index (κ1) is 68.7. The van der Waals surface area contributed by atoms with Gasteiger partial charge < -0.3 is 47.0 Å². The van der Waals surface area contributed by atoms with Gasteiger partial charge in [-0.25, -0.2) is 0 Å². The van der Waals surface area contributed by atoms with E-state index in [-0.39, 0.29) is 0 Å². The monoisotopic (exact) mass is 1130 g/mol. The summed E-state index contributed by atoms with van der Waals surface area (Å²) in [4.78, 5) is 0. The van der Waals surface area contributed by atoms with Crippen LogP contribution in [0.15, 0.2) is 36.4 Å². The third-order valence-electron chi connectivity index (χ3n) is 18.2. The molecule has 2 saturated heterocycles. The number of benzene rings is 3. The minimum absolute atomic E-state index is 0.349. The average Bonchev–Trinajstić information content (AvgIpc) is 3.45. The fourth-order valence-electron chi connectivity index (χ4n) is 9.32. The molecule has 0 aromatic heterocycles. The number of rotatable bonds is 36.